The van der Waals surface area contributed by atoms with Crippen molar-refractivity contribution in [3.63, 3.8) is 0 Å². The Kier molecular flexibility index (Phi) is 6.87. The Morgan fingerprint density at radius 3 is 2.50 bits per heavy atom. The maximum atomic E-state index is 12.7. The zero-order valence-electron chi connectivity index (χ0n) is 17.8. The average Bonchev–Trinajstić information content (AvgIpc) is 3.23. The Morgan fingerprint density at radius 2 is 1.73 bits per heavy atom. The third-order valence-electron chi connectivity index (χ3n) is 6.08. The van der Waals surface area contributed by atoms with E-state index < -0.39 is 0 Å². The van der Waals surface area contributed by atoms with Gasteiger partial charge in [-0.15, -0.1) is 0 Å². The predicted octanol–water partition coefficient (Wildman–Crippen LogP) is 0.356. The lowest BCUT2D eigenvalue weighted by atomic mass is 10.0. The molecule has 1 atom stereocenters. The van der Waals surface area contributed by atoms with Crippen molar-refractivity contribution in [2.24, 2.45) is 0 Å². The lowest BCUT2D eigenvalue weighted by molar-refractivity contribution is -1.02. The van der Waals surface area contributed by atoms with Gasteiger partial charge < -0.3 is 24.6 Å². The largest absolute Gasteiger partial charge is 0.454 e. The van der Waals surface area contributed by atoms with Gasteiger partial charge in [0.1, 0.15) is 32.7 Å². The fraction of sp³-hybridized carbons (Fsp3) is 0.458. The number of carbonyl (C=O) groups is 1. The van der Waals surface area contributed by atoms with Crippen molar-refractivity contribution >= 4 is 5.91 Å². The summed E-state index contributed by atoms with van der Waals surface area (Å²) in [4.78, 5) is 15.6. The van der Waals surface area contributed by atoms with Crippen LogP contribution in [0.5, 0.6) is 11.5 Å². The molecule has 1 fully saturated rings. The molecule has 30 heavy (non-hydrogen) atoms. The molecular weight excluding hydrogens is 378 g/mol. The zero-order chi connectivity index (χ0) is 20.8. The van der Waals surface area contributed by atoms with Crippen molar-refractivity contribution in [3.8, 4) is 11.5 Å². The van der Waals surface area contributed by atoms with E-state index in [1.165, 1.54) is 16.0 Å². The van der Waals surface area contributed by atoms with Gasteiger partial charge in [-0.25, -0.2) is 0 Å². The summed E-state index contributed by atoms with van der Waals surface area (Å²) in [6, 6.07) is 16.6. The Hall–Kier alpha value is -2.57. The number of benzene rings is 2. The van der Waals surface area contributed by atoms with Gasteiger partial charge in [-0.05, 0) is 30.2 Å². The van der Waals surface area contributed by atoms with Crippen LogP contribution in [0.4, 0.5) is 0 Å². The third-order valence-corrected chi connectivity index (χ3v) is 6.08. The fourth-order valence-electron chi connectivity index (χ4n) is 4.42. The van der Waals surface area contributed by atoms with E-state index in [0.29, 0.717) is 13.3 Å². The Labute approximate surface area is 178 Å². The monoisotopic (exact) mass is 411 g/mol. The molecule has 0 bridgehead atoms. The SMILES string of the molecule is CCC[C@H](NC(=O)C[NH+]1CC[NH+](Cc2ccc3c(c2)OCO3)CC1)c1ccccc1. The van der Waals surface area contributed by atoms with Crippen molar-refractivity contribution in [1.29, 1.82) is 0 Å². The van der Waals surface area contributed by atoms with E-state index in [-0.39, 0.29) is 11.9 Å². The maximum Gasteiger partial charge on any atom is 0.275 e. The van der Waals surface area contributed by atoms with Crippen LogP contribution in [0.3, 0.4) is 0 Å². The molecule has 1 amide bonds. The molecular formula is C24H33N3O3+2. The minimum atomic E-state index is 0.112. The van der Waals surface area contributed by atoms with Gasteiger partial charge in [-0.1, -0.05) is 43.7 Å². The van der Waals surface area contributed by atoms with Gasteiger partial charge in [-0.2, -0.15) is 0 Å². The smallest absolute Gasteiger partial charge is 0.275 e. The Morgan fingerprint density at radius 1 is 1.00 bits per heavy atom. The highest BCUT2D eigenvalue weighted by Crippen LogP contribution is 2.32. The molecule has 6 nitrogen and oxygen atoms in total. The number of ether oxygens (including phenoxy) is 2. The molecule has 2 aliphatic rings. The first kappa shape index (κ1) is 20.7. The molecule has 160 valence electrons. The van der Waals surface area contributed by atoms with Crippen molar-refractivity contribution in [1.82, 2.24) is 5.32 Å². The summed E-state index contributed by atoms with van der Waals surface area (Å²) in [5, 5.41) is 3.26. The van der Waals surface area contributed by atoms with E-state index in [2.05, 4.69) is 36.5 Å². The molecule has 2 aliphatic heterocycles. The van der Waals surface area contributed by atoms with Gasteiger partial charge in [0.05, 0.1) is 6.04 Å². The summed E-state index contributed by atoms with van der Waals surface area (Å²) < 4.78 is 10.9. The molecule has 0 unspecified atom stereocenters. The summed E-state index contributed by atoms with van der Waals surface area (Å²) >= 11 is 0. The molecule has 0 saturated carbocycles. The van der Waals surface area contributed by atoms with Gasteiger partial charge in [0.15, 0.2) is 18.0 Å². The van der Waals surface area contributed by atoms with Crippen LogP contribution in [0.2, 0.25) is 0 Å². The molecule has 6 heteroatoms. The van der Waals surface area contributed by atoms with E-state index in [1.54, 1.807) is 4.90 Å². The zero-order valence-corrected chi connectivity index (χ0v) is 17.8. The number of carbonyl (C=O) groups excluding carboxylic acids is 1. The van der Waals surface area contributed by atoms with E-state index >= 15 is 0 Å². The van der Waals surface area contributed by atoms with Crippen LogP contribution >= 0.6 is 0 Å². The molecule has 2 aromatic rings. The summed E-state index contributed by atoms with van der Waals surface area (Å²) in [6.45, 7) is 8.23. The molecule has 3 N–H and O–H groups in total. The molecule has 2 aromatic carbocycles. The minimum absolute atomic E-state index is 0.112. The van der Waals surface area contributed by atoms with Crippen molar-refractivity contribution in [3.05, 3.63) is 59.7 Å². The van der Waals surface area contributed by atoms with Gasteiger partial charge in [0.2, 0.25) is 6.79 Å². The molecule has 0 aromatic heterocycles. The number of nitrogens with one attached hydrogen (secondary N) is 3. The lowest BCUT2D eigenvalue weighted by Crippen LogP contribution is -3.28. The molecule has 0 radical (unpaired) electrons. The normalized spacial score (nSPS) is 21.2. The van der Waals surface area contributed by atoms with Crippen molar-refractivity contribution in [2.75, 3.05) is 39.5 Å². The third kappa shape index (κ3) is 5.32. The second kappa shape index (κ2) is 9.96. The van der Waals surface area contributed by atoms with Crippen molar-refractivity contribution < 1.29 is 24.1 Å². The van der Waals surface area contributed by atoms with Crippen LogP contribution in [-0.2, 0) is 11.3 Å². The van der Waals surface area contributed by atoms with Crippen LogP contribution < -0.4 is 24.6 Å². The molecule has 0 spiro atoms. The number of fused-ring (bicyclic) bond motifs is 1. The highest BCUT2D eigenvalue weighted by molar-refractivity contribution is 5.77. The molecule has 4 rings (SSSR count). The summed E-state index contributed by atoms with van der Waals surface area (Å²) in [6.07, 6.45) is 2.02. The highest BCUT2D eigenvalue weighted by atomic mass is 16.7. The summed E-state index contributed by atoms with van der Waals surface area (Å²) in [5.74, 6) is 1.85. The minimum Gasteiger partial charge on any atom is -0.454 e. The van der Waals surface area contributed by atoms with Gasteiger partial charge >= 0.3 is 0 Å². The first-order valence-corrected chi connectivity index (χ1v) is 11.1. The number of amides is 1. The second-order valence-electron chi connectivity index (χ2n) is 8.36. The summed E-state index contributed by atoms with van der Waals surface area (Å²) in [5.41, 5.74) is 2.47. The maximum absolute atomic E-state index is 12.7. The van der Waals surface area contributed by atoms with Crippen LogP contribution in [0.25, 0.3) is 0 Å². The van der Waals surface area contributed by atoms with Crippen LogP contribution in [0, 0.1) is 0 Å². The van der Waals surface area contributed by atoms with Gasteiger partial charge in [-0.3, -0.25) is 4.79 Å². The van der Waals surface area contributed by atoms with E-state index in [0.717, 1.165) is 57.1 Å². The Balaban J connectivity index is 1.23. The second-order valence-corrected chi connectivity index (χ2v) is 8.36. The van der Waals surface area contributed by atoms with Crippen LogP contribution in [-0.4, -0.2) is 45.4 Å². The van der Waals surface area contributed by atoms with Gasteiger partial charge in [0.25, 0.3) is 5.91 Å². The molecule has 0 aliphatic carbocycles. The standard InChI is InChI=1S/C24H31N3O3/c1-2-6-21(20-7-4-3-5-8-20)25-24(28)17-27-13-11-26(12-14-27)16-19-9-10-22-23(15-19)30-18-29-22/h3-5,7-10,15,21H,2,6,11-14,16-18H2,1H3,(H,25,28)/p+2/t21-/m0/s1. The van der Waals surface area contributed by atoms with Gasteiger partial charge in [0, 0.05) is 5.56 Å². The average molecular weight is 412 g/mol. The number of rotatable bonds is 8. The topological polar surface area (TPSA) is 56.4 Å². The highest BCUT2D eigenvalue weighted by Gasteiger charge is 2.26. The first-order valence-electron chi connectivity index (χ1n) is 11.1. The summed E-state index contributed by atoms with van der Waals surface area (Å²) in [7, 11) is 0. The predicted molar refractivity (Wildman–Crippen MR) is 115 cm³/mol. The number of hydrogen-bond acceptors (Lipinski definition) is 3. The first-order chi connectivity index (χ1) is 14.7. The van der Waals surface area contributed by atoms with E-state index in [9.17, 15) is 4.79 Å². The number of hydrogen-bond donors (Lipinski definition) is 3. The van der Waals surface area contributed by atoms with Crippen LogP contribution in [0.15, 0.2) is 48.5 Å². The molecule has 1 saturated heterocycles. The number of quaternary nitrogens is 2. The van der Waals surface area contributed by atoms with Crippen LogP contribution in [0.1, 0.15) is 36.9 Å². The van der Waals surface area contributed by atoms with Crippen molar-refractivity contribution in [2.45, 2.75) is 32.4 Å². The number of piperazine rings is 1. The fourth-order valence-corrected chi connectivity index (χ4v) is 4.42. The lowest BCUT2D eigenvalue weighted by Gasteiger charge is -2.30. The van der Waals surface area contributed by atoms with E-state index in [1.807, 2.05) is 24.3 Å². The molecule has 2 heterocycles. The van der Waals surface area contributed by atoms with E-state index in [4.69, 9.17) is 9.47 Å². The Bertz CT molecular complexity index is 835. The quantitative estimate of drug-likeness (QED) is 0.588.